The first-order valence-electron chi connectivity index (χ1n) is 5.73. The zero-order chi connectivity index (χ0) is 13.8. The van der Waals surface area contributed by atoms with Crippen molar-refractivity contribution < 1.29 is 4.74 Å². The molecule has 0 fully saturated rings. The van der Waals surface area contributed by atoms with Gasteiger partial charge < -0.3 is 15.8 Å². The smallest absolute Gasteiger partial charge is 0.228 e. The molecule has 6 nitrogen and oxygen atoms in total. The minimum absolute atomic E-state index is 0.177. The molecule has 19 heavy (non-hydrogen) atoms. The number of nitrogens with two attached hydrogens (primary N) is 1. The highest BCUT2D eigenvalue weighted by molar-refractivity contribution is 9.10. The van der Waals surface area contributed by atoms with Crippen LogP contribution < -0.4 is 15.8 Å². The van der Waals surface area contributed by atoms with Gasteiger partial charge in [-0.2, -0.15) is 15.0 Å². The predicted octanol–water partition coefficient (Wildman–Crippen LogP) is 2.32. The van der Waals surface area contributed by atoms with Gasteiger partial charge in [0.05, 0.1) is 7.11 Å². The molecule has 2 aromatic rings. The molecule has 0 atom stereocenters. The number of aromatic nitrogens is 3. The summed E-state index contributed by atoms with van der Waals surface area (Å²) in [5.74, 6) is 1.85. The summed E-state index contributed by atoms with van der Waals surface area (Å²) in [6.07, 6.45) is 0. The van der Waals surface area contributed by atoms with Crippen molar-refractivity contribution in [2.45, 2.75) is 6.92 Å². The number of nitrogens with zero attached hydrogens (tertiary/aromatic N) is 3. The van der Waals surface area contributed by atoms with Gasteiger partial charge in [0.1, 0.15) is 5.75 Å². The molecule has 100 valence electrons. The number of benzene rings is 1. The average Bonchev–Trinajstić information content (AvgIpc) is 2.39. The molecular formula is C12H14BrN5O. The van der Waals surface area contributed by atoms with Crippen LogP contribution >= 0.6 is 15.9 Å². The maximum atomic E-state index is 5.70. The fourth-order valence-corrected chi connectivity index (χ4v) is 1.98. The van der Waals surface area contributed by atoms with Crippen LogP contribution in [0.2, 0.25) is 0 Å². The fourth-order valence-electron chi connectivity index (χ4n) is 1.55. The topological polar surface area (TPSA) is 86.0 Å². The molecule has 2 rings (SSSR count). The Morgan fingerprint density at radius 2 is 2.11 bits per heavy atom. The molecule has 0 saturated heterocycles. The van der Waals surface area contributed by atoms with Crippen LogP contribution in [0.1, 0.15) is 6.92 Å². The third-order valence-electron chi connectivity index (χ3n) is 2.40. The van der Waals surface area contributed by atoms with Crippen LogP contribution in [0.5, 0.6) is 5.75 Å². The lowest BCUT2D eigenvalue weighted by molar-refractivity contribution is 0.415. The second kappa shape index (κ2) is 5.83. The number of methoxy groups -OCH3 is 1. The van der Waals surface area contributed by atoms with Gasteiger partial charge in [0, 0.05) is 16.6 Å². The lowest BCUT2D eigenvalue weighted by Gasteiger charge is -2.08. The van der Waals surface area contributed by atoms with Crippen LogP contribution in [0.25, 0.3) is 11.4 Å². The van der Waals surface area contributed by atoms with Crippen molar-refractivity contribution in [3.63, 3.8) is 0 Å². The Hall–Kier alpha value is -1.89. The summed E-state index contributed by atoms with van der Waals surface area (Å²) < 4.78 is 6.06. The van der Waals surface area contributed by atoms with E-state index in [1.165, 1.54) is 0 Å². The molecule has 0 aliphatic carbocycles. The van der Waals surface area contributed by atoms with Crippen LogP contribution in [-0.2, 0) is 0 Å². The van der Waals surface area contributed by atoms with Crippen molar-refractivity contribution in [3.8, 4) is 17.1 Å². The number of hydrogen-bond acceptors (Lipinski definition) is 6. The highest BCUT2D eigenvalue weighted by Gasteiger charge is 2.11. The Kier molecular flexibility index (Phi) is 4.16. The van der Waals surface area contributed by atoms with E-state index in [-0.39, 0.29) is 5.95 Å². The summed E-state index contributed by atoms with van der Waals surface area (Å²) in [4.78, 5) is 12.5. The summed E-state index contributed by atoms with van der Waals surface area (Å²) in [5.41, 5.74) is 6.50. The van der Waals surface area contributed by atoms with E-state index in [9.17, 15) is 0 Å². The predicted molar refractivity (Wildman–Crippen MR) is 78.1 cm³/mol. The Morgan fingerprint density at radius 3 is 2.79 bits per heavy atom. The van der Waals surface area contributed by atoms with Crippen molar-refractivity contribution in [1.29, 1.82) is 0 Å². The minimum Gasteiger partial charge on any atom is -0.497 e. The van der Waals surface area contributed by atoms with Crippen molar-refractivity contribution in [1.82, 2.24) is 15.0 Å². The third kappa shape index (κ3) is 3.11. The number of halogens is 1. The van der Waals surface area contributed by atoms with Crippen LogP contribution in [0.4, 0.5) is 11.9 Å². The van der Waals surface area contributed by atoms with E-state index >= 15 is 0 Å². The Balaban J connectivity index is 2.51. The summed E-state index contributed by atoms with van der Waals surface area (Å²) in [5, 5.41) is 3.02. The minimum atomic E-state index is 0.177. The van der Waals surface area contributed by atoms with E-state index in [1.807, 2.05) is 25.1 Å². The Labute approximate surface area is 119 Å². The molecule has 0 radical (unpaired) electrons. The van der Waals surface area contributed by atoms with Crippen molar-refractivity contribution >= 4 is 27.8 Å². The quantitative estimate of drug-likeness (QED) is 0.898. The van der Waals surface area contributed by atoms with Gasteiger partial charge in [0.15, 0.2) is 5.82 Å². The molecule has 1 heterocycles. The largest absolute Gasteiger partial charge is 0.497 e. The van der Waals surface area contributed by atoms with E-state index in [0.29, 0.717) is 18.3 Å². The molecule has 0 aliphatic rings. The molecular weight excluding hydrogens is 310 g/mol. The Bertz CT molecular complexity index is 590. The van der Waals surface area contributed by atoms with Gasteiger partial charge in [0.25, 0.3) is 0 Å². The van der Waals surface area contributed by atoms with Crippen LogP contribution in [0, 0.1) is 0 Å². The number of hydrogen-bond donors (Lipinski definition) is 2. The lowest BCUT2D eigenvalue weighted by Crippen LogP contribution is -2.07. The van der Waals surface area contributed by atoms with Gasteiger partial charge in [-0.05, 0) is 25.1 Å². The lowest BCUT2D eigenvalue weighted by atomic mass is 10.2. The highest BCUT2D eigenvalue weighted by Crippen LogP contribution is 2.30. The second-order valence-electron chi connectivity index (χ2n) is 3.72. The zero-order valence-electron chi connectivity index (χ0n) is 10.6. The van der Waals surface area contributed by atoms with E-state index < -0.39 is 0 Å². The van der Waals surface area contributed by atoms with Crippen LogP contribution in [0.3, 0.4) is 0 Å². The Morgan fingerprint density at radius 1 is 1.32 bits per heavy atom. The number of rotatable bonds is 4. The van der Waals surface area contributed by atoms with Crippen molar-refractivity contribution in [3.05, 3.63) is 22.7 Å². The monoisotopic (exact) mass is 323 g/mol. The number of ether oxygens (including phenoxy) is 1. The van der Waals surface area contributed by atoms with E-state index in [4.69, 9.17) is 10.5 Å². The van der Waals surface area contributed by atoms with Crippen molar-refractivity contribution in [2.24, 2.45) is 0 Å². The maximum Gasteiger partial charge on any atom is 0.228 e. The van der Waals surface area contributed by atoms with Gasteiger partial charge in [-0.25, -0.2) is 0 Å². The first-order valence-corrected chi connectivity index (χ1v) is 6.52. The molecule has 1 aromatic carbocycles. The van der Waals surface area contributed by atoms with E-state index in [2.05, 4.69) is 36.2 Å². The second-order valence-corrected chi connectivity index (χ2v) is 4.57. The summed E-state index contributed by atoms with van der Waals surface area (Å²) in [6.45, 7) is 2.67. The van der Waals surface area contributed by atoms with Gasteiger partial charge >= 0.3 is 0 Å². The van der Waals surface area contributed by atoms with Crippen LogP contribution in [-0.4, -0.2) is 28.6 Å². The highest BCUT2D eigenvalue weighted by atomic mass is 79.9. The van der Waals surface area contributed by atoms with Gasteiger partial charge in [-0.3, -0.25) is 0 Å². The molecule has 0 saturated carbocycles. The summed E-state index contributed by atoms with van der Waals surface area (Å²) in [6, 6.07) is 5.57. The maximum absolute atomic E-state index is 5.70. The zero-order valence-corrected chi connectivity index (χ0v) is 12.2. The molecule has 0 unspecified atom stereocenters. The van der Waals surface area contributed by atoms with E-state index in [1.54, 1.807) is 7.11 Å². The molecule has 0 bridgehead atoms. The summed E-state index contributed by atoms with van der Waals surface area (Å²) in [7, 11) is 1.61. The molecule has 3 N–H and O–H groups in total. The number of nitrogen functional groups attached to an aromatic ring is 1. The van der Waals surface area contributed by atoms with Crippen molar-refractivity contribution in [2.75, 3.05) is 24.7 Å². The summed E-state index contributed by atoms with van der Waals surface area (Å²) >= 11 is 3.47. The SMILES string of the molecule is CCNc1nc(N)nc(-c2cc(OC)ccc2Br)n1. The number of anilines is 2. The molecule has 0 spiro atoms. The fraction of sp³-hybridized carbons (Fsp3) is 0.250. The molecule has 1 aromatic heterocycles. The normalized spacial score (nSPS) is 10.3. The third-order valence-corrected chi connectivity index (χ3v) is 3.09. The molecule has 0 aliphatic heterocycles. The standard InChI is InChI=1S/C12H14BrN5O/c1-3-15-12-17-10(16-11(14)18-12)8-6-7(19-2)4-5-9(8)13/h4-6H,3H2,1-2H3,(H3,14,15,16,17,18). The first kappa shape index (κ1) is 13.5. The van der Waals surface area contributed by atoms with Gasteiger partial charge in [-0.15, -0.1) is 0 Å². The van der Waals surface area contributed by atoms with E-state index in [0.717, 1.165) is 15.8 Å². The first-order chi connectivity index (χ1) is 9.13. The molecule has 7 heteroatoms. The van der Waals surface area contributed by atoms with Gasteiger partial charge in [0.2, 0.25) is 11.9 Å². The van der Waals surface area contributed by atoms with Crippen LogP contribution in [0.15, 0.2) is 22.7 Å². The average molecular weight is 324 g/mol. The molecule has 0 amide bonds. The number of nitrogens with one attached hydrogen (secondary N) is 1. The van der Waals surface area contributed by atoms with Gasteiger partial charge in [-0.1, -0.05) is 15.9 Å².